The smallest absolute Gasteiger partial charge is 0.181 e. The first-order valence-electron chi connectivity index (χ1n) is 18.0. The maximum absolute atomic E-state index is 6.59. The lowest BCUT2D eigenvalue weighted by atomic mass is 10.0. The summed E-state index contributed by atoms with van der Waals surface area (Å²) in [6.07, 6.45) is 1.89. The second-order valence-corrected chi connectivity index (χ2v) is 13.6. The molecular formula is C49H31N3O. The predicted octanol–water partition coefficient (Wildman–Crippen LogP) is 13.5. The van der Waals surface area contributed by atoms with Crippen LogP contribution in [0.1, 0.15) is 0 Å². The van der Waals surface area contributed by atoms with Crippen molar-refractivity contribution in [3.05, 3.63) is 188 Å². The Hall–Kier alpha value is -7.17. The molecule has 0 saturated carbocycles. The largest absolute Gasteiger partial charge is 0.452 e. The van der Waals surface area contributed by atoms with Crippen molar-refractivity contribution < 1.29 is 4.42 Å². The molecule has 4 nitrogen and oxygen atoms in total. The summed E-state index contributed by atoms with van der Waals surface area (Å²) in [7, 11) is 0. The maximum Gasteiger partial charge on any atom is 0.181 e. The van der Waals surface area contributed by atoms with E-state index in [4.69, 9.17) is 9.40 Å². The van der Waals surface area contributed by atoms with Gasteiger partial charge in [0.25, 0.3) is 0 Å². The summed E-state index contributed by atoms with van der Waals surface area (Å²) in [5, 5.41) is 9.45. The monoisotopic (exact) mass is 677 g/mol. The molecule has 0 aliphatic carbocycles. The molecule has 0 bridgehead atoms. The van der Waals surface area contributed by atoms with Gasteiger partial charge >= 0.3 is 0 Å². The van der Waals surface area contributed by atoms with Crippen LogP contribution < -0.4 is 4.90 Å². The van der Waals surface area contributed by atoms with Crippen LogP contribution in [-0.4, -0.2) is 9.55 Å². The van der Waals surface area contributed by atoms with Gasteiger partial charge in [0.2, 0.25) is 0 Å². The molecule has 3 heterocycles. The quantitative estimate of drug-likeness (QED) is 0.182. The first-order valence-corrected chi connectivity index (χ1v) is 18.0. The van der Waals surface area contributed by atoms with Crippen molar-refractivity contribution in [1.82, 2.24) is 9.55 Å². The number of rotatable bonds is 5. The minimum atomic E-state index is 0.746. The van der Waals surface area contributed by atoms with Crippen molar-refractivity contribution >= 4 is 82.5 Å². The van der Waals surface area contributed by atoms with Crippen LogP contribution in [0.25, 0.3) is 82.1 Å². The van der Waals surface area contributed by atoms with E-state index in [-0.39, 0.29) is 0 Å². The number of pyridine rings is 1. The minimum absolute atomic E-state index is 0.746. The molecule has 0 spiro atoms. The molecule has 11 aromatic rings. The van der Waals surface area contributed by atoms with Gasteiger partial charge in [0.05, 0.1) is 16.7 Å². The Morgan fingerprint density at radius 1 is 0.491 bits per heavy atom. The molecule has 0 N–H and O–H groups in total. The Labute approximate surface area is 305 Å². The van der Waals surface area contributed by atoms with E-state index in [0.29, 0.717) is 0 Å². The summed E-state index contributed by atoms with van der Waals surface area (Å²) >= 11 is 0. The number of hydrogen-bond donors (Lipinski definition) is 0. The first kappa shape index (κ1) is 29.5. The summed E-state index contributed by atoms with van der Waals surface area (Å²) in [6, 6.07) is 64.8. The van der Waals surface area contributed by atoms with E-state index in [2.05, 4.69) is 173 Å². The van der Waals surface area contributed by atoms with E-state index in [1.165, 1.54) is 38.0 Å². The van der Waals surface area contributed by atoms with Crippen molar-refractivity contribution in [3.8, 4) is 16.8 Å². The molecule has 0 atom stereocenters. The van der Waals surface area contributed by atoms with Gasteiger partial charge in [-0.3, -0.25) is 4.90 Å². The Morgan fingerprint density at radius 3 is 2.08 bits per heavy atom. The van der Waals surface area contributed by atoms with Crippen LogP contribution in [0.2, 0.25) is 0 Å². The highest BCUT2D eigenvalue weighted by atomic mass is 16.3. The van der Waals surface area contributed by atoms with E-state index in [1.807, 2.05) is 24.4 Å². The van der Waals surface area contributed by atoms with Gasteiger partial charge in [0.1, 0.15) is 5.58 Å². The van der Waals surface area contributed by atoms with Crippen molar-refractivity contribution in [2.45, 2.75) is 0 Å². The Balaban J connectivity index is 1.11. The van der Waals surface area contributed by atoms with E-state index in [0.717, 1.165) is 61.3 Å². The van der Waals surface area contributed by atoms with Crippen molar-refractivity contribution in [2.24, 2.45) is 0 Å². The molecule has 0 unspecified atom stereocenters. The molecule has 0 aliphatic rings. The van der Waals surface area contributed by atoms with E-state index >= 15 is 0 Å². The first-order chi connectivity index (χ1) is 26.3. The third-order valence-electron chi connectivity index (χ3n) is 10.6. The molecular weight excluding hydrogens is 647 g/mol. The molecule has 0 aliphatic heterocycles. The number of nitrogens with zero attached hydrogens (tertiary/aromatic N) is 3. The fourth-order valence-electron chi connectivity index (χ4n) is 8.19. The zero-order valence-electron chi connectivity index (χ0n) is 28.6. The molecule has 0 saturated heterocycles. The van der Waals surface area contributed by atoms with Gasteiger partial charge < -0.3 is 8.98 Å². The number of benzene rings is 8. The SMILES string of the molecule is c1ccc(N(c2ccc3ccccc3c2)c2nccc3c2oc2ccccc23)c(-c2ccc(-n3c4ccccc4c4ccc5ccccc5c43)cc2)c1. The average Bonchev–Trinajstić information content (AvgIpc) is 3.78. The summed E-state index contributed by atoms with van der Waals surface area (Å²) in [4.78, 5) is 7.28. The molecule has 0 fully saturated rings. The molecule has 3 aromatic heterocycles. The number of para-hydroxylation sites is 3. The zero-order chi connectivity index (χ0) is 34.9. The summed E-state index contributed by atoms with van der Waals surface area (Å²) < 4.78 is 9.00. The van der Waals surface area contributed by atoms with E-state index in [1.54, 1.807) is 0 Å². The lowest BCUT2D eigenvalue weighted by molar-refractivity contribution is 0.667. The topological polar surface area (TPSA) is 34.2 Å². The van der Waals surface area contributed by atoms with Crippen LogP contribution in [-0.2, 0) is 0 Å². The third kappa shape index (κ3) is 4.59. The van der Waals surface area contributed by atoms with Crippen LogP contribution >= 0.6 is 0 Å². The van der Waals surface area contributed by atoms with Gasteiger partial charge in [-0.05, 0) is 70.3 Å². The third-order valence-corrected chi connectivity index (χ3v) is 10.6. The molecule has 0 amide bonds. The average molecular weight is 678 g/mol. The highest BCUT2D eigenvalue weighted by Gasteiger charge is 2.23. The minimum Gasteiger partial charge on any atom is -0.452 e. The van der Waals surface area contributed by atoms with E-state index in [9.17, 15) is 0 Å². The standard InChI is InChI=1S/C49H31N3O/c1-2-13-35-31-37(27-21-32(35)11-1)52(49-48-43(29-30-50-49)41-17-7-10-20-46(41)53-48)44-18-8-5-14-38(44)34-22-25-36(26-23-34)51-45-19-9-6-16-40(45)42-28-24-33-12-3-4-15-39(33)47(42)51/h1-31H. The number of anilines is 3. The summed E-state index contributed by atoms with van der Waals surface area (Å²) in [5.74, 6) is 0.746. The maximum atomic E-state index is 6.59. The van der Waals surface area contributed by atoms with Gasteiger partial charge in [-0.15, -0.1) is 0 Å². The zero-order valence-corrected chi connectivity index (χ0v) is 28.6. The number of aromatic nitrogens is 2. The highest BCUT2D eigenvalue weighted by Crippen LogP contribution is 2.45. The van der Waals surface area contributed by atoms with E-state index < -0.39 is 0 Å². The molecule has 8 aromatic carbocycles. The summed E-state index contributed by atoms with van der Waals surface area (Å²) in [6.45, 7) is 0. The fourth-order valence-corrected chi connectivity index (χ4v) is 8.19. The van der Waals surface area contributed by atoms with Gasteiger partial charge in [0, 0.05) is 50.1 Å². The van der Waals surface area contributed by atoms with Crippen LogP contribution in [0.5, 0.6) is 0 Å². The number of hydrogen-bond acceptors (Lipinski definition) is 3. The lowest BCUT2D eigenvalue weighted by Crippen LogP contribution is -2.13. The molecule has 0 radical (unpaired) electrons. The van der Waals surface area contributed by atoms with Crippen LogP contribution in [0.3, 0.4) is 0 Å². The molecule has 53 heavy (non-hydrogen) atoms. The Kier molecular flexibility index (Phi) is 6.52. The predicted molar refractivity (Wildman–Crippen MR) is 221 cm³/mol. The molecule has 248 valence electrons. The normalized spacial score (nSPS) is 11.8. The van der Waals surface area contributed by atoms with Crippen LogP contribution in [0.4, 0.5) is 17.2 Å². The second-order valence-electron chi connectivity index (χ2n) is 13.6. The number of fused-ring (bicyclic) bond motifs is 9. The lowest BCUT2D eigenvalue weighted by Gasteiger charge is -2.27. The van der Waals surface area contributed by atoms with Crippen LogP contribution in [0.15, 0.2) is 193 Å². The van der Waals surface area contributed by atoms with Gasteiger partial charge in [0.15, 0.2) is 11.4 Å². The number of furan rings is 1. The highest BCUT2D eigenvalue weighted by molar-refractivity contribution is 6.18. The van der Waals surface area contributed by atoms with Gasteiger partial charge in [-0.1, -0.05) is 133 Å². The van der Waals surface area contributed by atoms with Gasteiger partial charge in [-0.25, -0.2) is 4.98 Å². The summed E-state index contributed by atoms with van der Waals surface area (Å²) in [5.41, 5.74) is 9.36. The Morgan fingerprint density at radius 2 is 1.19 bits per heavy atom. The fraction of sp³-hybridized carbons (Fsp3) is 0. The van der Waals surface area contributed by atoms with Gasteiger partial charge in [-0.2, -0.15) is 0 Å². The molecule has 4 heteroatoms. The van der Waals surface area contributed by atoms with Crippen LogP contribution in [0, 0.1) is 0 Å². The van der Waals surface area contributed by atoms with Crippen molar-refractivity contribution in [2.75, 3.05) is 4.90 Å². The molecule has 11 rings (SSSR count). The Bertz CT molecular complexity index is 3190. The van der Waals surface area contributed by atoms with Crippen molar-refractivity contribution in [3.63, 3.8) is 0 Å². The second kappa shape index (κ2) is 11.7. The van der Waals surface area contributed by atoms with Crippen molar-refractivity contribution in [1.29, 1.82) is 0 Å².